The molecule has 1 saturated carbocycles. The quantitative estimate of drug-likeness (QED) is 0.772. The van der Waals surface area contributed by atoms with E-state index in [1.165, 1.54) is 6.42 Å². The number of rotatable bonds is 4. The number of ether oxygens (including phenoxy) is 1. The number of para-hydroxylation sites is 1. The van der Waals surface area contributed by atoms with Gasteiger partial charge in [-0.25, -0.2) is 4.79 Å². The van der Waals surface area contributed by atoms with Gasteiger partial charge in [-0.05, 0) is 50.2 Å². The number of aliphatic hydroxyl groups is 1. The predicted molar refractivity (Wildman–Crippen MR) is 115 cm³/mol. The number of hydrogen-bond donors (Lipinski definition) is 2. The topological polar surface area (TPSA) is 61.8 Å². The first-order valence-corrected chi connectivity index (χ1v) is 11.2. The molecular formula is C25H30N2O3. The number of carbonyl (C=O) groups is 1. The number of nitrogens with one attached hydrogen (secondary N) is 1. The molecule has 5 rings (SSSR count). The lowest BCUT2D eigenvalue weighted by Gasteiger charge is -2.48. The second-order valence-electron chi connectivity index (χ2n) is 9.03. The van der Waals surface area contributed by atoms with Gasteiger partial charge in [-0.3, -0.25) is 0 Å². The number of amides is 2. The molecular weight excluding hydrogens is 376 g/mol. The second-order valence-corrected chi connectivity index (χ2v) is 9.03. The van der Waals surface area contributed by atoms with Crippen molar-refractivity contribution in [1.29, 1.82) is 0 Å². The SMILES string of the molecule is O=C(NC1CC2(CCC2)Oc2ccccc21)N1CCCC1CC(O)c1ccccc1. The molecule has 1 spiro atoms. The Kier molecular flexibility index (Phi) is 5.15. The van der Waals surface area contributed by atoms with Gasteiger partial charge in [-0.1, -0.05) is 48.5 Å². The van der Waals surface area contributed by atoms with Gasteiger partial charge in [0.05, 0.1) is 12.1 Å². The summed E-state index contributed by atoms with van der Waals surface area (Å²) in [6, 6.07) is 17.8. The maximum absolute atomic E-state index is 13.3. The van der Waals surface area contributed by atoms with Gasteiger partial charge in [0.15, 0.2) is 0 Å². The van der Waals surface area contributed by atoms with E-state index in [0.29, 0.717) is 6.42 Å². The number of fused-ring (bicyclic) bond motifs is 1. The third-order valence-electron chi connectivity index (χ3n) is 7.08. The van der Waals surface area contributed by atoms with E-state index in [0.717, 1.165) is 55.5 Å². The van der Waals surface area contributed by atoms with Gasteiger partial charge in [0.25, 0.3) is 0 Å². The summed E-state index contributed by atoms with van der Waals surface area (Å²) in [4.78, 5) is 15.2. The van der Waals surface area contributed by atoms with Crippen LogP contribution in [0.4, 0.5) is 4.79 Å². The van der Waals surface area contributed by atoms with E-state index in [9.17, 15) is 9.90 Å². The Labute approximate surface area is 178 Å². The maximum atomic E-state index is 13.3. The molecule has 2 aromatic rings. The molecule has 2 N–H and O–H groups in total. The van der Waals surface area contributed by atoms with E-state index in [4.69, 9.17) is 4.74 Å². The zero-order valence-corrected chi connectivity index (χ0v) is 17.3. The Bertz CT molecular complexity index is 896. The maximum Gasteiger partial charge on any atom is 0.318 e. The number of likely N-dealkylation sites (tertiary alicyclic amines) is 1. The third kappa shape index (κ3) is 3.67. The van der Waals surface area contributed by atoms with Crippen LogP contribution in [0, 0.1) is 0 Å². The normalized spacial score (nSPS) is 25.2. The van der Waals surface area contributed by atoms with Crippen molar-refractivity contribution < 1.29 is 14.6 Å². The van der Waals surface area contributed by atoms with Gasteiger partial charge in [0, 0.05) is 24.6 Å². The van der Waals surface area contributed by atoms with Crippen LogP contribution in [0.3, 0.4) is 0 Å². The van der Waals surface area contributed by atoms with Crippen molar-refractivity contribution in [2.75, 3.05) is 6.54 Å². The van der Waals surface area contributed by atoms with Crippen LogP contribution in [-0.4, -0.2) is 34.2 Å². The standard InChI is InChI=1S/C25H30N2O3/c28-22(18-8-2-1-3-9-18)16-19-10-6-15-27(19)24(29)26-21-17-25(13-7-14-25)30-23-12-5-4-11-20(21)23/h1-5,8-9,11-12,19,21-22,28H,6-7,10,13-17H2,(H,26,29). The Balaban J connectivity index is 1.28. The minimum Gasteiger partial charge on any atom is -0.487 e. The van der Waals surface area contributed by atoms with Crippen LogP contribution in [0.2, 0.25) is 0 Å². The van der Waals surface area contributed by atoms with E-state index in [-0.39, 0.29) is 23.7 Å². The average Bonchev–Trinajstić information content (AvgIpc) is 3.21. The highest BCUT2D eigenvalue weighted by molar-refractivity contribution is 5.75. The molecule has 3 atom stereocenters. The third-order valence-corrected chi connectivity index (χ3v) is 7.08. The molecule has 2 aliphatic heterocycles. The molecule has 1 aliphatic carbocycles. The molecule has 2 aromatic carbocycles. The van der Waals surface area contributed by atoms with E-state index in [1.807, 2.05) is 53.4 Å². The second kappa shape index (κ2) is 7.95. The first kappa shape index (κ1) is 19.4. The number of benzene rings is 2. The van der Waals surface area contributed by atoms with E-state index in [2.05, 4.69) is 11.4 Å². The van der Waals surface area contributed by atoms with Crippen LogP contribution < -0.4 is 10.1 Å². The molecule has 158 valence electrons. The summed E-state index contributed by atoms with van der Waals surface area (Å²) in [5, 5.41) is 14.0. The molecule has 5 nitrogen and oxygen atoms in total. The average molecular weight is 407 g/mol. The Morgan fingerprint density at radius 1 is 1.13 bits per heavy atom. The fourth-order valence-electron chi connectivity index (χ4n) is 5.27. The molecule has 2 heterocycles. The lowest BCUT2D eigenvalue weighted by atomic mass is 9.73. The number of urea groups is 1. The minimum absolute atomic E-state index is 0.0195. The monoisotopic (exact) mass is 406 g/mol. The number of carbonyl (C=O) groups excluding carboxylic acids is 1. The van der Waals surface area contributed by atoms with Crippen molar-refractivity contribution in [3.8, 4) is 5.75 Å². The highest BCUT2D eigenvalue weighted by atomic mass is 16.5. The van der Waals surface area contributed by atoms with Gasteiger partial charge in [0.1, 0.15) is 11.4 Å². The summed E-state index contributed by atoms with van der Waals surface area (Å²) in [7, 11) is 0. The van der Waals surface area contributed by atoms with Crippen LogP contribution in [0.5, 0.6) is 5.75 Å². The van der Waals surface area contributed by atoms with E-state index < -0.39 is 6.10 Å². The van der Waals surface area contributed by atoms with Crippen LogP contribution in [-0.2, 0) is 0 Å². The zero-order valence-electron chi connectivity index (χ0n) is 17.3. The van der Waals surface area contributed by atoms with Crippen LogP contribution in [0.15, 0.2) is 54.6 Å². The first-order valence-electron chi connectivity index (χ1n) is 11.2. The van der Waals surface area contributed by atoms with Crippen molar-refractivity contribution in [3.63, 3.8) is 0 Å². The highest BCUT2D eigenvalue weighted by Crippen LogP contribution is 2.48. The van der Waals surface area contributed by atoms with Crippen molar-refractivity contribution in [1.82, 2.24) is 10.2 Å². The zero-order chi connectivity index (χ0) is 20.6. The Morgan fingerprint density at radius 2 is 1.90 bits per heavy atom. The number of aliphatic hydroxyl groups excluding tert-OH is 1. The molecule has 5 heteroatoms. The molecule has 2 fully saturated rings. The summed E-state index contributed by atoms with van der Waals surface area (Å²) < 4.78 is 6.32. The summed E-state index contributed by atoms with van der Waals surface area (Å²) in [5.41, 5.74) is 1.87. The number of nitrogens with zero attached hydrogens (tertiary/aromatic N) is 1. The van der Waals surface area contributed by atoms with Crippen molar-refractivity contribution in [2.24, 2.45) is 0 Å². The van der Waals surface area contributed by atoms with Crippen LogP contribution >= 0.6 is 0 Å². The summed E-state index contributed by atoms with van der Waals surface area (Å²) in [5.74, 6) is 0.909. The summed E-state index contributed by atoms with van der Waals surface area (Å²) in [6.07, 6.45) is 6.08. The largest absolute Gasteiger partial charge is 0.487 e. The van der Waals surface area contributed by atoms with Gasteiger partial charge >= 0.3 is 6.03 Å². The lowest BCUT2D eigenvalue weighted by Crippen LogP contribution is -2.52. The van der Waals surface area contributed by atoms with Crippen LogP contribution in [0.25, 0.3) is 0 Å². The minimum atomic E-state index is -0.549. The van der Waals surface area contributed by atoms with Crippen LogP contribution in [0.1, 0.15) is 68.2 Å². The Hall–Kier alpha value is -2.53. The fourth-order valence-corrected chi connectivity index (χ4v) is 5.27. The van der Waals surface area contributed by atoms with Crippen molar-refractivity contribution >= 4 is 6.03 Å². The first-order chi connectivity index (χ1) is 14.6. The molecule has 0 radical (unpaired) electrons. The van der Waals surface area contributed by atoms with E-state index >= 15 is 0 Å². The number of hydrogen-bond acceptors (Lipinski definition) is 3. The van der Waals surface area contributed by atoms with Gasteiger partial charge < -0.3 is 20.1 Å². The molecule has 30 heavy (non-hydrogen) atoms. The smallest absolute Gasteiger partial charge is 0.318 e. The molecule has 2 amide bonds. The van der Waals surface area contributed by atoms with Gasteiger partial charge in [-0.2, -0.15) is 0 Å². The molecule has 3 unspecified atom stereocenters. The highest BCUT2D eigenvalue weighted by Gasteiger charge is 2.46. The Morgan fingerprint density at radius 3 is 2.67 bits per heavy atom. The van der Waals surface area contributed by atoms with Gasteiger partial charge in [0.2, 0.25) is 0 Å². The predicted octanol–water partition coefficient (Wildman–Crippen LogP) is 4.73. The molecule has 3 aliphatic rings. The van der Waals surface area contributed by atoms with Gasteiger partial charge in [-0.15, -0.1) is 0 Å². The molecule has 0 bridgehead atoms. The molecule has 1 saturated heterocycles. The van der Waals surface area contributed by atoms with E-state index in [1.54, 1.807) is 0 Å². The summed E-state index contributed by atoms with van der Waals surface area (Å²) >= 11 is 0. The lowest BCUT2D eigenvalue weighted by molar-refractivity contribution is -0.0360. The fraction of sp³-hybridized carbons (Fsp3) is 0.480. The van der Waals surface area contributed by atoms with Crippen molar-refractivity contribution in [2.45, 2.75) is 68.7 Å². The van der Waals surface area contributed by atoms with Crippen molar-refractivity contribution in [3.05, 3.63) is 65.7 Å². The summed E-state index contributed by atoms with van der Waals surface area (Å²) in [6.45, 7) is 0.744. The molecule has 0 aromatic heterocycles.